The number of carbonyl (C=O) groups is 1. The lowest BCUT2D eigenvalue weighted by Crippen LogP contribution is -2.22. The Balaban J connectivity index is 3.01. The average Bonchev–Trinajstić information content (AvgIpc) is 2.47. The maximum atomic E-state index is 10.8. The van der Waals surface area contributed by atoms with Crippen LogP contribution < -0.4 is 0 Å². The lowest BCUT2D eigenvalue weighted by molar-refractivity contribution is -0.492. The number of nitro groups is 1. The van der Waals surface area contributed by atoms with Gasteiger partial charge < -0.3 is 5.53 Å². The van der Waals surface area contributed by atoms with Crippen LogP contribution in [0.2, 0.25) is 0 Å². The van der Waals surface area contributed by atoms with Crippen molar-refractivity contribution in [2.75, 3.05) is 0 Å². The molecule has 1 heterocycles. The molecular formula is C6H5N3O3S. The first-order valence-electron chi connectivity index (χ1n) is 3.32. The number of hydrogen-bond acceptors (Lipinski definition) is 4. The number of rotatable bonds is 2. The van der Waals surface area contributed by atoms with Crippen molar-refractivity contribution in [3.8, 4) is 0 Å². The molecule has 0 N–H and O–H groups in total. The lowest BCUT2D eigenvalue weighted by atomic mass is 10.3. The fourth-order valence-corrected chi connectivity index (χ4v) is 1.72. The van der Waals surface area contributed by atoms with Crippen LogP contribution in [0.5, 0.6) is 0 Å². The molecule has 1 aliphatic heterocycles. The van der Waals surface area contributed by atoms with E-state index in [0.717, 1.165) is 11.8 Å². The monoisotopic (exact) mass is 199 g/mol. The summed E-state index contributed by atoms with van der Waals surface area (Å²) in [5.74, 6) is -0.268. The topological polar surface area (TPSA) is 96.6 Å². The van der Waals surface area contributed by atoms with E-state index in [1.165, 1.54) is 13.0 Å². The molecule has 68 valence electrons. The van der Waals surface area contributed by atoms with Gasteiger partial charge >= 0.3 is 11.1 Å². The molecule has 0 saturated heterocycles. The maximum absolute atomic E-state index is 10.8. The largest absolute Gasteiger partial charge is 0.408 e. The number of thioether (sulfide) groups is 1. The second kappa shape index (κ2) is 3.51. The number of hydrogen-bond donors (Lipinski definition) is 0. The van der Waals surface area contributed by atoms with Gasteiger partial charge in [-0.25, -0.2) is 0 Å². The molecule has 1 aliphatic rings. The number of nitrogens with zero attached hydrogens (tertiary/aromatic N) is 3. The first kappa shape index (κ1) is 9.63. The van der Waals surface area contributed by atoms with Gasteiger partial charge in [0.25, 0.3) is 0 Å². The normalized spacial score (nSPS) is 20.8. The van der Waals surface area contributed by atoms with E-state index in [0.29, 0.717) is 0 Å². The van der Waals surface area contributed by atoms with Gasteiger partial charge in [-0.3, -0.25) is 14.9 Å². The predicted octanol–water partition coefficient (Wildman–Crippen LogP) is 0.480. The Morgan fingerprint density at radius 2 is 2.46 bits per heavy atom. The van der Waals surface area contributed by atoms with Gasteiger partial charge in [-0.2, -0.15) is 4.79 Å². The van der Waals surface area contributed by atoms with Crippen LogP contribution in [0, 0.1) is 10.1 Å². The highest BCUT2D eigenvalue weighted by atomic mass is 32.2. The molecule has 0 fully saturated rings. The summed E-state index contributed by atoms with van der Waals surface area (Å²) in [7, 11) is 0. The summed E-state index contributed by atoms with van der Waals surface area (Å²) in [5.41, 5.74) is 8.40. The highest BCUT2D eigenvalue weighted by Gasteiger charge is 2.41. The molecule has 0 amide bonds. The van der Waals surface area contributed by atoms with Crippen molar-refractivity contribution in [2.24, 2.45) is 0 Å². The van der Waals surface area contributed by atoms with Gasteiger partial charge in [0.1, 0.15) is 0 Å². The Kier molecular flexibility index (Phi) is 2.60. The van der Waals surface area contributed by atoms with Crippen molar-refractivity contribution in [3.05, 3.63) is 26.6 Å². The van der Waals surface area contributed by atoms with Crippen molar-refractivity contribution < 1.29 is 14.5 Å². The predicted molar refractivity (Wildman–Crippen MR) is 45.8 cm³/mol. The summed E-state index contributed by atoms with van der Waals surface area (Å²) in [5, 5.41) is 10.3. The van der Waals surface area contributed by atoms with Gasteiger partial charge in [-0.15, -0.1) is 0 Å². The standard InChI is InChI=1S/C6H5N3O3S/c1-3(10)5-2-4(9(11)12)6(8-7)13-5/h2,4H,1H3. The van der Waals surface area contributed by atoms with Gasteiger partial charge in [-0.1, -0.05) is 0 Å². The van der Waals surface area contributed by atoms with Crippen molar-refractivity contribution in [1.29, 1.82) is 0 Å². The molecule has 1 unspecified atom stereocenters. The number of carbonyl (C=O) groups excluding carboxylic acids is 1. The molecule has 0 aromatic rings. The minimum absolute atomic E-state index is 0.0739. The van der Waals surface area contributed by atoms with E-state index in [1.54, 1.807) is 0 Å². The van der Waals surface area contributed by atoms with E-state index in [-0.39, 0.29) is 15.7 Å². The number of allylic oxidation sites excluding steroid dienone is 1. The average molecular weight is 199 g/mol. The Hall–Kier alpha value is -1.46. The highest BCUT2D eigenvalue weighted by molar-refractivity contribution is 8.18. The SMILES string of the molecule is CC(=O)C1=CC([N+](=O)[O-])C(=[N+]=[N-])S1. The zero-order valence-electron chi connectivity index (χ0n) is 6.63. The molecule has 1 rings (SSSR count). The molecule has 1 atom stereocenters. The van der Waals surface area contributed by atoms with Crippen LogP contribution in [0.1, 0.15) is 6.92 Å². The summed E-state index contributed by atoms with van der Waals surface area (Å²) in [6.45, 7) is 1.30. The summed E-state index contributed by atoms with van der Waals surface area (Å²) < 4.78 is 0. The first-order valence-corrected chi connectivity index (χ1v) is 4.14. The zero-order valence-corrected chi connectivity index (χ0v) is 7.45. The van der Waals surface area contributed by atoms with Gasteiger partial charge in [-0.05, 0) is 6.92 Å². The third-order valence-electron chi connectivity index (χ3n) is 1.45. The smallest absolute Gasteiger partial charge is 0.360 e. The van der Waals surface area contributed by atoms with Crippen LogP contribution in [0.3, 0.4) is 0 Å². The maximum Gasteiger partial charge on any atom is 0.408 e. The fourth-order valence-electron chi connectivity index (χ4n) is 0.842. The van der Waals surface area contributed by atoms with E-state index in [2.05, 4.69) is 4.79 Å². The second-order valence-corrected chi connectivity index (χ2v) is 3.42. The van der Waals surface area contributed by atoms with E-state index < -0.39 is 11.0 Å². The summed E-state index contributed by atoms with van der Waals surface area (Å²) in [6, 6.07) is -1.19. The van der Waals surface area contributed by atoms with E-state index in [4.69, 9.17) is 5.53 Å². The Morgan fingerprint density at radius 3 is 2.77 bits per heavy atom. The van der Waals surface area contributed by atoms with Crippen LogP contribution in [0.25, 0.3) is 5.53 Å². The van der Waals surface area contributed by atoms with E-state index in [9.17, 15) is 14.9 Å². The van der Waals surface area contributed by atoms with Gasteiger partial charge in [0, 0.05) is 22.8 Å². The molecule has 6 nitrogen and oxygen atoms in total. The van der Waals surface area contributed by atoms with Gasteiger partial charge in [0.2, 0.25) is 0 Å². The molecule has 13 heavy (non-hydrogen) atoms. The molecule has 0 saturated carbocycles. The second-order valence-electron chi connectivity index (χ2n) is 2.36. The summed E-state index contributed by atoms with van der Waals surface area (Å²) >= 11 is 0.825. The van der Waals surface area contributed by atoms with Crippen LogP contribution in [-0.2, 0) is 4.79 Å². The summed E-state index contributed by atoms with van der Waals surface area (Å²) in [4.78, 5) is 23.6. The third kappa shape index (κ3) is 1.82. The Labute approximate surface area is 77.4 Å². The van der Waals surface area contributed by atoms with Gasteiger partial charge in [0.05, 0.1) is 4.91 Å². The zero-order chi connectivity index (χ0) is 10.0. The molecular weight excluding hydrogens is 194 g/mol. The number of Topliss-reactive ketones (excluding diaryl/α,β-unsaturated/α-hetero) is 1. The minimum Gasteiger partial charge on any atom is -0.360 e. The van der Waals surface area contributed by atoms with Crippen molar-refractivity contribution in [2.45, 2.75) is 13.0 Å². The Bertz CT molecular complexity index is 356. The minimum atomic E-state index is -1.19. The van der Waals surface area contributed by atoms with Crippen molar-refractivity contribution in [3.63, 3.8) is 0 Å². The molecule has 0 radical (unpaired) electrons. The van der Waals surface area contributed by atoms with E-state index in [1.807, 2.05) is 0 Å². The van der Waals surface area contributed by atoms with Crippen LogP contribution in [0.15, 0.2) is 11.0 Å². The van der Waals surface area contributed by atoms with Crippen molar-refractivity contribution in [1.82, 2.24) is 0 Å². The Morgan fingerprint density at radius 1 is 1.85 bits per heavy atom. The lowest BCUT2D eigenvalue weighted by Gasteiger charge is -1.89. The quantitative estimate of drug-likeness (QED) is 0.279. The van der Waals surface area contributed by atoms with E-state index >= 15 is 0 Å². The summed E-state index contributed by atoms with van der Waals surface area (Å²) in [6.07, 6.45) is 1.18. The van der Waals surface area contributed by atoms with Crippen LogP contribution in [-0.4, -0.2) is 26.6 Å². The molecule has 0 bridgehead atoms. The third-order valence-corrected chi connectivity index (χ3v) is 2.63. The molecule has 0 aromatic heterocycles. The van der Waals surface area contributed by atoms with Crippen molar-refractivity contribution >= 4 is 22.6 Å². The fraction of sp³-hybridized carbons (Fsp3) is 0.333. The first-order chi connectivity index (χ1) is 6.06. The number of ketones is 1. The molecule has 0 aliphatic carbocycles. The van der Waals surface area contributed by atoms with Crippen LogP contribution in [0.4, 0.5) is 0 Å². The highest BCUT2D eigenvalue weighted by Crippen LogP contribution is 2.28. The van der Waals surface area contributed by atoms with Gasteiger partial charge in [0.15, 0.2) is 5.78 Å². The van der Waals surface area contributed by atoms with Crippen LogP contribution >= 0.6 is 11.8 Å². The molecule has 0 spiro atoms. The molecule has 0 aromatic carbocycles. The molecule has 7 heteroatoms.